The van der Waals surface area contributed by atoms with Crippen LogP contribution in [0.2, 0.25) is 0 Å². The van der Waals surface area contributed by atoms with Crippen LogP contribution in [0.15, 0.2) is 91.5 Å². The smallest absolute Gasteiger partial charge is 0.193 e. The quantitative estimate of drug-likeness (QED) is 0.319. The summed E-state index contributed by atoms with van der Waals surface area (Å²) in [6.45, 7) is 5.96. The van der Waals surface area contributed by atoms with Crippen molar-refractivity contribution in [2.24, 2.45) is 0 Å². The Morgan fingerprint density at radius 1 is 0.889 bits per heavy atom. The molecule has 5 rings (SSSR count). The maximum atomic E-state index is 3.91. The lowest BCUT2D eigenvalue weighted by atomic mass is 9.68. The highest BCUT2D eigenvalue weighted by atomic mass is 15.0. The monoisotopic (exact) mass is 344 g/mol. The number of benzene rings is 3. The molecule has 1 aliphatic rings. The largest absolute Gasteiger partial charge is 0.309 e. The molecule has 1 aromatic heterocycles. The Kier molecular flexibility index (Phi) is 3.65. The molecule has 0 saturated heterocycles. The van der Waals surface area contributed by atoms with E-state index in [1.807, 2.05) is 13.0 Å². The molecule has 0 N–H and O–H groups in total. The Morgan fingerprint density at radius 2 is 1.70 bits per heavy atom. The van der Waals surface area contributed by atoms with Gasteiger partial charge in [-0.05, 0) is 48.4 Å². The van der Waals surface area contributed by atoms with E-state index in [-0.39, 0.29) is 0 Å². The van der Waals surface area contributed by atoms with Crippen molar-refractivity contribution in [3.8, 4) is 11.1 Å². The number of hydrogen-bond donors (Lipinski definition) is 0. The van der Waals surface area contributed by atoms with E-state index in [9.17, 15) is 0 Å². The highest BCUT2D eigenvalue weighted by molar-refractivity contribution is 6.73. The van der Waals surface area contributed by atoms with Gasteiger partial charge in [0, 0.05) is 16.5 Å². The van der Waals surface area contributed by atoms with Gasteiger partial charge in [0.25, 0.3) is 0 Å². The second kappa shape index (κ2) is 6.17. The zero-order chi connectivity index (χ0) is 18.4. The predicted octanol–water partition coefficient (Wildman–Crippen LogP) is 5.03. The highest BCUT2D eigenvalue weighted by Gasteiger charge is 2.22. The normalized spacial score (nSPS) is 13.1. The van der Waals surface area contributed by atoms with E-state index in [0.29, 0.717) is 0 Å². The molecule has 2 heteroatoms. The van der Waals surface area contributed by atoms with Crippen molar-refractivity contribution < 1.29 is 0 Å². The summed E-state index contributed by atoms with van der Waals surface area (Å²) < 4.78 is 2.34. The van der Waals surface area contributed by atoms with Crippen LogP contribution in [0.5, 0.6) is 0 Å². The number of rotatable bonds is 3. The van der Waals surface area contributed by atoms with Crippen molar-refractivity contribution in [2.45, 2.75) is 6.92 Å². The van der Waals surface area contributed by atoms with Gasteiger partial charge in [0.15, 0.2) is 7.28 Å². The third-order valence-corrected chi connectivity index (χ3v) is 5.29. The number of fused-ring (bicyclic) bond motifs is 6. The third-order valence-electron chi connectivity index (χ3n) is 5.29. The molecule has 1 radical (unpaired) electrons. The fraction of sp³-hybridized carbons (Fsp3) is 0.0400. The van der Waals surface area contributed by atoms with E-state index in [2.05, 4.69) is 97.3 Å². The van der Waals surface area contributed by atoms with Crippen molar-refractivity contribution in [3.05, 3.63) is 91.5 Å². The van der Waals surface area contributed by atoms with Gasteiger partial charge in [0.1, 0.15) is 0 Å². The molecule has 0 atom stereocenters. The number of nitrogens with zero attached hydrogens (tertiary/aromatic N) is 1. The first-order valence-corrected chi connectivity index (χ1v) is 9.29. The summed E-state index contributed by atoms with van der Waals surface area (Å²) in [5.41, 5.74) is 8.79. The summed E-state index contributed by atoms with van der Waals surface area (Å²) >= 11 is 0. The number of para-hydroxylation sites is 1. The van der Waals surface area contributed by atoms with Gasteiger partial charge in [0.05, 0.1) is 11.0 Å². The van der Waals surface area contributed by atoms with Crippen LogP contribution in [0, 0.1) is 0 Å². The Balaban J connectivity index is 1.90. The summed E-state index contributed by atoms with van der Waals surface area (Å²) in [6.07, 6.45) is 8.13. The Labute approximate surface area is 160 Å². The zero-order valence-corrected chi connectivity index (χ0v) is 15.3. The first-order chi connectivity index (χ1) is 13.3. The average molecular weight is 344 g/mol. The van der Waals surface area contributed by atoms with Gasteiger partial charge in [-0.25, -0.2) is 0 Å². The zero-order valence-electron chi connectivity index (χ0n) is 15.3. The minimum absolute atomic E-state index is 1.12. The molecule has 27 heavy (non-hydrogen) atoms. The van der Waals surface area contributed by atoms with E-state index >= 15 is 0 Å². The first-order valence-electron chi connectivity index (χ1n) is 9.29. The van der Waals surface area contributed by atoms with E-state index in [1.165, 1.54) is 43.9 Å². The summed E-state index contributed by atoms with van der Waals surface area (Å²) in [4.78, 5) is 0. The van der Waals surface area contributed by atoms with Gasteiger partial charge >= 0.3 is 0 Å². The molecule has 0 aliphatic carbocycles. The maximum absolute atomic E-state index is 3.91. The second-order valence-corrected chi connectivity index (χ2v) is 6.87. The topological polar surface area (TPSA) is 4.93 Å². The lowest BCUT2D eigenvalue weighted by Crippen LogP contribution is -2.20. The number of hydrogen-bond acceptors (Lipinski definition) is 0. The molecule has 0 fully saturated rings. The first kappa shape index (κ1) is 16.0. The van der Waals surface area contributed by atoms with Crippen LogP contribution in [0.4, 0.5) is 0 Å². The highest BCUT2D eigenvalue weighted by Crippen LogP contribution is 2.34. The van der Waals surface area contributed by atoms with Gasteiger partial charge < -0.3 is 4.57 Å². The summed E-state index contributed by atoms with van der Waals surface area (Å²) in [6, 6.07) is 21.9. The van der Waals surface area contributed by atoms with E-state index < -0.39 is 0 Å². The molecule has 4 aromatic rings. The molecule has 0 bridgehead atoms. The lowest BCUT2D eigenvalue weighted by Gasteiger charge is -2.10. The van der Waals surface area contributed by atoms with Gasteiger partial charge in [0.2, 0.25) is 0 Å². The Bertz CT molecular complexity index is 1270. The molecule has 1 nitrogen and oxygen atoms in total. The molecule has 0 saturated carbocycles. The summed E-state index contributed by atoms with van der Waals surface area (Å²) in [7, 11) is 2.29. The fourth-order valence-electron chi connectivity index (χ4n) is 4.19. The Morgan fingerprint density at radius 3 is 2.56 bits per heavy atom. The molecule has 0 amide bonds. The SMILES string of the molecule is C=C/C=C(\C=C/C)n1c2ccccc2c2cc3c(cc21)[B]c1ccccc1-3. The van der Waals surface area contributed by atoms with Crippen LogP contribution in [-0.4, -0.2) is 11.8 Å². The third kappa shape index (κ3) is 2.34. The van der Waals surface area contributed by atoms with Crippen molar-refractivity contribution in [3.63, 3.8) is 0 Å². The minimum atomic E-state index is 1.12. The van der Waals surface area contributed by atoms with E-state index in [4.69, 9.17) is 0 Å². The molecular weight excluding hydrogens is 325 g/mol. The summed E-state index contributed by atoms with van der Waals surface area (Å²) in [5.74, 6) is 0. The second-order valence-electron chi connectivity index (χ2n) is 6.87. The van der Waals surface area contributed by atoms with Crippen molar-refractivity contribution in [1.29, 1.82) is 0 Å². The van der Waals surface area contributed by atoms with E-state index in [0.717, 1.165) is 5.70 Å². The van der Waals surface area contributed by atoms with Crippen molar-refractivity contribution in [2.75, 3.05) is 0 Å². The van der Waals surface area contributed by atoms with Gasteiger partial charge in [-0.3, -0.25) is 0 Å². The fourth-order valence-corrected chi connectivity index (χ4v) is 4.19. The lowest BCUT2D eigenvalue weighted by molar-refractivity contribution is 1.24. The molecule has 3 aromatic carbocycles. The van der Waals surface area contributed by atoms with Crippen molar-refractivity contribution >= 4 is 45.7 Å². The molecule has 2 heterocycles. The molecule has 0 unspecified atom stereocenters. The van der Waals surface area contributed by atoms with E-state index in [1.54, 1.807) is 0 Å². The van der Waals surface area contributed by atoms with Crippen LogP contribution in [0.3, 0.4) is 0 Å². The van der Waals surface area contributed by atoms with Crippen LogP contribution in [0.25, 0.3) is 38.6 Å². The number of aromatic nitrogens is 1. The minimum Gasteiger partial charge on any atom is -0.309 e. The van der Waals surface area contributed by atoms with Crippen molar-refractivity contribution in [1.82, 2.24) is 4.57 Å². The van der Waals surface area contributed by atoms with Gasteiger partial charge in [-0.1, -0.05) is 72.1 Å². The molecule has 127 valence electrons. The predicted molar refractivity (Wildman–Crippen MR) is 119 cm³/mol. The average Bonchev–Trinajstić information content (AvgIpc) is 3.21. The van der Waals surface area contributed by atoms with Crippen LogP contribution in [0.1, 0.15) is 6.92 Å². The van der Waals surface area contributed by atoms with Gasteiger partial charge in [-0.15, -0.1) is 0 Å². The van der Waals surface area contributed by atoms with Crippen LogP contribution >= 0.6 is 0 Å². The Hall–Kier alpha value is -3.26. The molecule has 1 aliphatic heterocycles. The summed E-state index contributed by atoms with van der Waals surface area (Å²) in [5, 5.41) is 2.56. The standard InChI is InChI=1S/C25H19BN/c1-3-9-17(10-4-2)27-24-14-8-6-12-19(24)21-15-20-18-11-5-7-13-22(18)26-23(20)16-25(21)27/h3-16H,1H2,2H3/b10-4-,17-9+. The van der Waals surface area contributed by atoms with Gasteiger partial charge in [-0.2, -0.15) is 0 Å². The maximum Gasteiger partial charge on any atom is 0.193 e. The van der Waals surface area contributed by atoms with Crippen LogP contribution < -0.4 is 10.9 Å². The number of allylic oxidation sites excluding steroid dienone is 5. The molecule has 0 spiro atoms. The molecular formula is C25H19BN. The van der Waals surface area contributed by atoms with Crippen LogP contribution in [-0.2, 0) is 0 Å².